The highest BCUT2D eigenvalue weighted by atomic mass is 16.4. The van der Waals surface area contributed by atoms with Gasteiger partial charge in [0.15, 0.2) is 0 Å². The molecule has 0 heterocycles. The summed E-state index contributed by atoms with van der Waals surface area (Å²) in [6.07, 6.45) is -0.593. The SMILES string of the molecule is CCO.CCO.O=C(O)CCC(=O)O. The van der Waals surface area contributed by atoms with Crippen molar-refractivity contribution in [2.24, 2.45) is 0 Å². The first-order chi connectivity index (χ1) is 6.45. The number of hydrogen-bond acceptors (Lipinski definition) is 4. The van der Waals surface area contributed by atoms with Gasteiger partial charge < -0.3 is 20.4 Å². The minimum absolute atomic E-state index is 0.250. The smallest absolute Gasteiger partial charge is 0.303 e. The lowest BCUT2D eigenvalue weighted by atomic mass is 10.3. The number of hydrogen-bond donors (Lipinski definition) is 4. The Labute approximate surface area is 82.8 Å². The summed E-state index contributed by atoms with van der Waals surface area (Å²) in [5, 5.41) is 30.9. The third-order valence-corrected chi connectivity index (χ3v) is 0.553. The van der Waals surface area contributed by atoms with Crippen LogP contribution in [0.25, 0.3) is 0 Å². The fraction of sp³-hybridized carbons (Fsp3) is 0.750. The number of carboxylic acid groups (broad SMARTS) is 2. The summed E-state index contributed by atoms with van der Waals surface area (Å²) in [6, 6.07) is 0. The highest BCUT2D eigenvalue weighted by Crippen LogP contribution is 1.86. The van der Waals surface area contributed by atoms with Gasteiger partial charge >= 0.3 is 11.9 Å². The first-order valence-corrected chi connectivity index (χ1v) is 4.11. The topological polar surface area (TPSA) is 115 Å². The number of rotatable bonds is 3. The van der Waals surface area contributed by atoms with Gasteiger partial charge in [0.2, 0.25) is 0 Å². The second kappa shape index (κ2) is 17.8. The predicted molar refractivity (Wildman–Crippen MR) is 50.0 cm³/mol. The summed E-state index contributed by atoms with van der Waals surface area (Å²) in [7, 11) is 0. The first kappa shape index (κ1) is 18.6. The average Bonchev–Trinajstić information content (AvgIpc) is 2.04. The molecule has 0 aliphatic rings. The van der Waals surface area contributed by atoms with Crippen LogP contribution in [0.3, 0.4) is 0 Å². The molecule has 6 nitrogen and oxygen atoms in total. The fourth-order valence-electron chi connectivity index (χ4n) is 0.214. The highest BCUT2D eigenvalue weighted by molar-refractivity contribution is 5.75. The minimum atomic E-state index is -1.08. The number of aliphatic carboxylic acids is 2. The lowest BCUT2D eigenvalue weighted by Crippen LogP contribution is -2.00. The summed E-state index contributed by atoms with van der Waals surface area (Å²) in [5.74, 6) is -2.15. The third-order valence-electron chi connectivity index (χ3n) is 0.553. The van der Waals surface area contributed by atoms with Crippen molar-refractivity contribution in [2.75, 3.05) is 13.2 Å². The zero-order valence-electron chi connectivity index (χ0n) is 8.43. The minimum Gasteiger partial charge on any atom is -0.481 e. The first-order valence-electron chi connectivity index (χ1n) is 4.11. The Morgan fingerprint density at radius 2 is 1.00 bits per heavy atom. The van der Waals surface area contributed by atoms with Gasteiger partial charge in [-0.15, -0.1) is 0 Å². The van der Waals surface area contributed by atoms with E-state index in [4.69, 9.17) is 20.4 Å². The maximum absolute atomic E-state index is 9.64. The molecule has 0 spiro atoms. The van der Waals surface area contributed by atoms with Crippen molar-refractivity contribution in [1.29, 1.82) is 0 Å². The molecule has 6 heteroatoms. The Kier molecular flexibility index (Phi) is 23.7. The zero-order valence-corrected chi connectivity index (χ0v) is 8.43. The van der Waals surface area contributed by atoms with Crippen LogP contribution in [-0.2, 0) is 9.59 Å². The van der Waals surface area contributed by atoms with E-state index in [-0.39, 0.29) is 26.1 Å². The molecule has 0 atom stereocenters. The van der Waals surface area contributed by atoms with E-state index in [1.54, 1.807) is 13.8 Å². The molecule has 14 heavy (non-hydrogen) atoms. The van der Waals surface area contributed by atoms with Crippen molar-refractivity contribution >= 4 is 11.9 Å². The van der Waals surface area contributed by atoms with E-state index in [2.05, 4.69) is 0 Å². The normalized spacial score (nSPS) is 7.43. The van der Waals surface area contributed by atoms with Crippen LogP contribution < -0.4 is 0 Å². The Balaban J connectivity index is -0.000000168. The van der Waals surface area contributed by atoms with Crippen LogP contribution in [-0.4, -0.2) is 45.6 Å². The summed E-state index contributed by atoms with van der Waals surface area (Å²) >= 11 is 0. The molecular formula is C8H18O6. The van der Waals surface area contributed by atoms with Gasteiger partial charge in [0.05, 0.1) is 12.8 Å². The van der Waals surface area contributed by atoms with E-state index in [0.717, 1.165) is 0 Å². The third kappa shape index (κ3) is 70.9. The Bertz CT molecular complexity index is 118. The largest absolute Gasteiger partial charge is 0.481 e. The van der Waals surface area contributed by atoms with Gasteiger partial charge in [-0.2, -0.15) is 0 Å². The van der Waals surface area contributed by atoms with E-state index >= 15 is 0 Å². The zero-order chi connectivity index (χ0) is 12.0. The molecule has 0 bridgehead atoms. The maximum atomic E-state index is 9.64. The Hall–Kier alpha value is -1.14. The highest BCUT2D eigenvalue weighted by Gasteiger charge is 2.00. The number of aliphatic hydroxyl groups excluding tert-OH is 2. The molecule has 0 aliphatic carbocycles. The average molecular weight is 210 g/mol. The summed E-state index contributed by atoms with van der Waals surface area (Å²) in [5.41, 5.74) is 0. The van der Waals surface area contributed by atoms with Crippen molar-refractivity contribution in [1.82, 2.24) is 0 Å². The van der Waals surface area contributed by atoms with Gasteiger partial charge in [0.25, 0.3) is 0 Å². The van der Waals surface area contributed by atoms with Gasteiger partial charge in [-0.3, -0.25) is 9.59 Å². The van der Waals surface area contributed by atoms with Crippen LogP contribution in [0.5, 0.6) is 0 Å². The van der Waals surface area contributed by atoms with E-state index in [0.29, 0.717) is 0 Å². The number of carboxylic acids is 2. The van der Waals surface area contributed by atoms with E-state index in [9.17, 15) is 9.59 Å². The molecule has 0 fully saturated rings. The molecule has 0 aromatic rings. The lowest BCUT2D eigenvalue weighted by molar-refractivity contribution is -0.143. The summed E-state index contributed by atoms with van der Waals surface area (Å²) < 4.78 is 0. The van der Waals surface area contributed by atoms with Crippen LogP contribution in [0.4, 0.5) is 0 Å². The van der Waals surface area contributed by atoms with Crippen LogP contribution >= 0.6 is 0 Å². The molecule has 0 rings (SSSR count). The van der Waals surface area contributed by atoms with Crippen LogP contribution in [0.1, 0.15) is 26.7 Å². The van der Waals surface area contributed by atoms with E-state index in [1.807, 2.05) is 0 Å². The molecule has 0 aromatic heterocycles. The molecular weight excluding hydrogens is 192 g/mol. The van der Waals surface area contributed by atoms with E-state index in [1.165, 1.54) is 0 Å². The van der Waals surface area contributed by atoms with Gasteiger partial charge in [-0.1, -0.05) is 0 Å². The maximum Gasteiger partial charge on any atom is 0.303 e. The molecule has 4 N–H and O–H groups in total. The molecule has 0 aromatic carbocycles. The predicted octanol–water partition coefficient (Wildman–Crippen LogP) is -0.0670. The van der Waals surface area contributed by atoms with Crippen LogP contribution in [0.15, 0.2) is 0 Å². The van der Waals surface area contributed by atoms with Crippen molar-refractivity contribution in [3.05, 3.63) is 0 Å². The number of carbonyl (C=O) groups is 2. The molecule has 0 unspecified atom stereocenters. The summed E-state index contributed by atoms with van der Waals surface area (Å²) in [6.45, 7) is 3.86. The molecule has 0 aliphatic heterocycles. The summed E-state index contributed by atoms with van der Waals surface area (Å²) in [4.78, 5) is 19.3. The van der Waals surface area contributed by atoms with Crippen molar-refractivity contribution < 1.29 is 30.0 Å². The Morgan fingerprint density at radius 1 is 0.857 bits per heavy atom. The second-order valence-corrected chi connectivity index (χ2v) is 1.92. The number of aliphatic hydroxyl groups is 2. The quantitative estimate of drug-likeness (QED) is 0.518. The molecule has 86 valence electrons. The fourth-order valence-corrected chi connectivity index (χ4v) is 0.214. The van der Waals surface area contributed by atoms with Crippen molar-refractivity contribution in [2.45, 2.75) is 26.7 Å². The van der Waals surface area contributed by atoms with Crippen LogP contribution in [0.2, 0.25) is 0 Å². The van der Waals surface area contributed by atoms with Gasteiger partial charge in [0, 0.05) is 13.2 Å². The van der Waals surface area contributed by atoms with Gasteiger partial charge in [0.1, 0.15) is 0 Å². The Morgan fingerprint density at radius 3 is 1.07 bits per heavy atom. The lowest BCUT2D eigenvalue weighted by Gasteiger charge is -1.85. The second-order valence-electron chi connectivity index (χ2n) is 1.92. The molecule has 0 saturated carbocycles. The standard InChI is InChI=1S/C4H6O4.2C2H6O/c5-3(6)1-2-4(7)8;2*1-2-3/h1-2H2,(H,5,6)(H,7,8);2*3H,2H2,1H3. The van der Waals surface area contributed by atoms with Gasteiger partial charge in [-0.05, 0) is 13.8 Å². The van der Waals surface area contributed by atoms with Crippen molar-refractivity contribution in [3.8, 4) is 0 Å². The molecule has 0 radical (unpaired) electrons. The van der Waals surface area contributed by atoms with Crippen LogP contribution in [0, 0.1) is 0 Å². The van der Waals surface area contributed by atoms with Gasteiger partial charge in [-0.25, -0.2) is 0 Å². The molecule has 0 saturated heterocycles. The monoisotopic (exact) mass is 210 g/mol. The van der Waals surface area contributed by atoms with E-state index < -0.39 is 11.9 Å². The molecule has 0 amide bonds. The van der Waals surface area contributed by atoms with Crippen molar-refractivity contribution in [3.63, 3.8) is 0 Å².